The fourth-order valence-corrected chi connectivity index (χ4v) is 2.07. The van der Waals surface area contributed by atoms with Gasteiger partial charge >= 0.3 is 0 Å². The van der Waals surface area contributed by atoms with Gasteiger partial charge in [-0.05, 0) is 23.8 Å². The van der Waals surface area contributed by atoms with Crippen LogP contribution in [0.3, 0.4) is 0 Å². The Balaban J connectivity index is 2.08. The molecule has 1 aromatic heterocycles. The smallest absolute Gasteiger partial charge is 0.270 e. The van der Waals surface area contributed by atoms with Gasteiger partial charge in [0.1, 0.15) is 5.76 Å². The van der Waals surface area contributed by atoms with Crippen LogP contribution in [0.15, 0.2) is 53.2 Å². The molecule has 0 aliphatic heterocycles. The summed E-state index contributed by atoms with van der Waals surface area (Å²) in [5, 5.41) is 10.8. The van der Waals surface area contributed by atoms with Crippen LogP contribution in [0.2, 0.25) is 0 Å². The Bertz CT molecular complexity index is 710. The lowest BCUT2D eigenvalue weighted by Gasteiger charge is -2.19. The van der Waals surface area contributed by atoms with Gasteiger partial charge in [0, 0.05) is 31.9 Å². The number of rotatable bonds is 8. The highest BCUT2D eigenvalue weighted by Crippen LogP contribution is 2.14. The number of amides is 1. The summed E-state index contributed by atoms with van der Waals surface area (Å²) >= 11 is 0. The third-order valence-corrected chi connectivity index (χ3v) is 3.30. The summed E-state index contributed by atoms with van der Waals surface area (Å²) in [5.74, 6) is 0.443. The lowest BCUT2D eigenvalue weighted by Crippen LogP contribution is -2.31. The number of non-ortho nitro benzene ring substituents is 1. The van der Waals surface area contributed by atoms with Crippen molar-refractivity contribution in [2.24, 2.45) is 0 Å². The first-order valence-corrected chi connectivity index (χ1v) is 7.33. The highest BCUT2D eigenvalue weighted by Gasteiger charge is 2.13. The maximum absolute atomic E-state index is 12.4. The Morgan fingerprint density at radius 2 is 2.21 bits per heavy atom. The first-order chi connectivity index (χ1) is 11.6. The summed E-state index contributed by atoms with van der Waals surface area (Å²) in [5.41, 5.74) is 0.568. The summed E-state index contributed by atoms with van der Waals surface area (Å²) in [6.07, 6.45) is 4.49. The maximum atomic E-state index is 12.4. The zero-order valence-electron chi connectivity index (χ0n) is 13.3. The van der Waals surface area contributed by atoms with E-state index in [1.807, 2.05) is 0 Å². The van der Waals surface area contributed by atoms with E-state index in [2.05, 4.69) is 0 Å². The lowest BCUT2D eigenvalue weighted by molar-refractivity contribution is -0.384. The van der Waals surface area contributed by atoms with Gasteiger partial charge in [0.15, 0.2) is 0 Å². The van der Waals surface area contributed by atoms with E-state index in [-0.39, 0.29) is 11.6 Å². The number of nitro groups is 1. The van der Waals surface area contributed by atoms with Crippen LogP contribution in [0.4, 0.5) is 5.69 Å². The third-order valence-electron chi connectivity index (χ3n) is 3.30. The van der Waals surface area contributed by atoms with Crippen LogP contribution in [0.5, 0.6) is 0 Å². The minimum absolute atomic E-state index is 0.0172. The van der Waals surface area contributed by atoms with Crippen LogP contribution in [0.25, 0.3) is 6.08 Å². The Labute approximate surface area is 139 Å². The van der Waals surface area contributed by atoms with Crippen molar-refractivity contribution in [3.8, 4) is 0 Å². The molecule has 0 N–H and O–H groups in total. The Hall–Kier alpha value is -2.93. The minimum atomic E-state index is -0.471. The fourth-order valence-electron chi connectivity index (χ4n) is 2.07. The van der Waals surface area contributed by atoms with Gasteiger partial charge in [-0.1, -0.05) is 12.1 Å². The van der Waals surface area contributed by atoms with E-state index in [1.54, 1.807) is 48.6 Å². The number of furan rings is 1. The summed E-state index contributed by atoms with van der Waals surface area (Å²) in [7, 11) is 1.56. The summed E-state index contributed by atoms with van der Waals surface area (Å²) in [6.45, 7) is 1.14. The summed E-state index contributed by atoms with van der Waals surface area (Å²) < 4.78 is 10.3. The zero-order valence-corrected chi connectivity index (χ0v) is 13.3. The molecule has 0 aliphatic rings. The van der Waals surface area contributed by atoms with Crippen molar-refractivity contribution in [3.63, 3.8) is 0 Å². The molecule has 7 heteroatoms. The van der Waals surface area contributed by atoms with E-state index in [9.17, 15) is 14.9 Å². The second-order valence-electron chi connectivity index (χ2n) is 5.02. The van der Waals surface area contributed by atoms with E-state index in [0.717, 1.165) is 0 Å². The van der Waals surface area contributed by atoms with Crippen molar-refractivity contribution in [1.82, 2.24) is 4.90 Å². The van der Waals surface area contributed by atoms with Crippen LogP contribution < -0.4 is 0 Å². The summed E-state index contributed by atoms with van der Waals surface area (Å²) in [6, 6.07) is 9.64. The molecule has 7 nitrogen and oxygen atoms in total. The second kappa shape index (κ2) is 8.64. The van der Waals surface area contributed by atoms with Crippen LogP contribution in [0, 0.1) is 10.1 Å². The molecule has 1 heterocycles. The van der Waals surface area contributed by atoms with Gasteiger partial charge in [-0.3, -0.25) is 14.9 Å². The van der Waals surface area contributed by atoms with Gasteiger partial charge in [-0.25, -0.2) is 0 Å². The maximum Gasteiger partial charge on any atom is 0.270 e. The molecule has 0 fully saturated rings. The molecule has 0 radical (unpaired) electrons. The molecule has 0 unspecified atom stereocenters. The van der Waals surface area contributed by atoms with E-state index in [4.69, 9.17) is 9.15 Å². The van der Waals surface area contributed by atoms with Gasteiger partial charge in [0.05, 0.1) is 24.3 Å². The number of carbonyl (C=O) groups excluding carboxylic acids is 1. The van der Waals surface area contributed by atoms with Crippen molar-refractivity contribution in [1.29, 1.82) is 0 Å². The van der Waals surface area contributed by atoms with Crippen molar-refractivity contribution < 1.29 is 18.9 Å². The third kappa shape index (κ3) is 5.06. The zero-order chi connectivity index (χ0) is 17.4. The van der Waals surface area contributed by atoms with Crippen LogP contribution in [-0.2, 0) is 16.1 Å². The molecular formula is C17H18N2O5. The lowest BCUT2D eigenvalue weighted by atomic mass is 10.2. The number of hydrogen-bond donors (Lipinski definition) is 0. The second-order valence-corrected chi connectivity index (χ2v) is 5.02. The molecule has 126 valence electrons. The highest BCUT2D eigenvalue weighted by molar-refractivity contribution is 5.91. The number of carbonyl (C=O) groups is 1. The summed E-state index contributed by atoms with van der Waals surface area (Å²) in [4.78, 5) is 24.3. The van der Waals surface area contributed by atoms with Crippen molar-refractivity contribution >= 4 is 17.7 Å². The van der Waals surface area contributed by atoms with Crippen molar-refractivity contribution in [2.75, 3.05) is 20.3 Å². The standard InChI is InChI=1S/C17H18N2O5/c1-23-11-9-18(13-16-6-3-10-24-16)17(20)8-7-14-4-2-5-15(12-14)19(21)22/h2-8,10,12H,9,11,13H2,1H3/b8-7+. The van der Waals surface area contributed by atoms with E-state index < -0.39 is 4.92 Å². The Morgan fingerprint density at radius 1 is 1.38 bits per heavy atom. The van der Waals surface area contributed by atoms with Gasteiger partial charge in [0.25, 0.3) is 5.69 Å². The van der Waals surface area contributed by atoms with Gasteiger partial charge in [0.2, 0.25) is 5.91 Å². The van der Waals surface area contributed by atoms with Crippen LogP contribution >= 0.6 is 0 Å². The SMILES string of the molecule is COCCN(Cc1ccco1)C(=O)/C=C/c1cccc([N+](=O)[O-])c1. The Morgan fingerprint density at radius 3 is 2.88 bits per heavy atom. The molecule has 2 aromatic rings. The van der Waals surface area contributed by atoms with E-state index in [1.165, 1.54) is 18.2 Å². The normalized spacial score (nSPS) is 10.9. The quantitative estimate of drug-likeness (QED) is 0.422. The average molecular weight is 330 g/mol. The van der Waals surface area contributed by atoms with Crippen LogP contribution in [-0.4, -0.2) is 36.0 Å². The predicted molar refractivity (Wildman–Crippen MR) is 88.1 cm³/mol. The highest BCUT2D eigenvalue weighted by atomic mass is 16.6. The molecule has 2 rings (SSSR count). The number of ether oxygens (including phenoxy) is 1. The average Bonchev–Trinajstić information content (AvgIpc) is 3.09. The molecule has 1 aromatic carbocycles. The van der Waals surface area contributed by atoms with E-state index in [0.29, 0.717) is 31.0 Å². The molecule has 1 amide bonds. The fraction of sp³-hybridized carbons (Fsp3) is 0.235. The van der Waals surface area contributed by atoms with Crippen LogP contribution in [0.1, 0.15) is 11.3 Å². The number of nitro benzene ring substituents is 1. The number of methoxy groups -OCH3 is 1. The van der Waals surface area contributed by atoms with E-state index >= 15 is 0 Å². The largest absolute Gasteiger partial charge is 0.467 e. The van der Waals surface area contributed by atoms with Gasteiger partial charge in [-0.2, -0.15) is 0 Å². The predicted octanol–water partition coefficient (Wildman–Crippen LogP) is 2.88. The van der Waals surface area contributed by atoms with Gasteiger partial charge in [-0.15, -0.1) is 0 Å². The van der Waals surface area contributed by atoms with Gasteiger partial charge < -0.3 is 14.1 Å². The topological polar surface area (TPSA) is 85.8 Å². The number of benzene rings is 1. The molecule has 0 saturated heterocycles. The monoisotopic (exact) mass is 330 g/mol. The first kappa shape index (κ1) is 17.4. The number of nitrogens with zero attached hydrogens (tertiary/aromatic N) is 2. The Kier molecular flexibility index (Phi) is 6.27. The minimum Gasteiger partial charge on any atom is -0.467 e. The van der Waals surface area contributed by atoms with Crippen molar-refractivity contribution in [2.45, 2.75) is 6.54 Å². The first-order valence-electron chi connectivity index (χ1n) is 7.33. The molecule has 0 bridgehead atoms. The molecule has 24 heavy (non-hydrogen) atoms. The van der Waals surface area contributed by atoms with Crippen molar-refractivity contribution in [3.05, 3.63) is 70.2 Å². The molecule has 0 spiro atoms. The molecule has 0 saturated carbocycles. The molecular weight excluding hydrogens is 312 g/mol. The molecule has 0 aliphatic carbocycles. The molecule has 0 atom stereocenters. The number of hydrogen-bond acceptors (Lipinski definition) is 5.